The molecule has 1 aromatic heterocycles. The zero-order chi connectivity index (χ0) is 15.6. The Morgan fingerprint density at radius 1 is 1.57 bits per heavy atom. The van der Waals surface area contributed by atoms with Crippen molar-refractivity contribution in [3.63, 3.8) is 0 Å². The van der Waals surface area contributed by atoms with E-state index in [1.54, 1.807) is 4.90 Å². The lowest BCUT2D eigenvalue weighted by atomic mass is 10.1. The summed E-state index contributed by atoms with van der Waals surface area (Å²) in [5.41, 5.74) is 0.0841. The van der Waals surface area contributed by atoms with Crippen molar-refractivity contribution < 1.29 is 19.4 Å². The molecular formula is C13H20N4O4. The molecule has 1 saturated heterocycles. The molecule has 0 radical (unpaired) electrons. The number of rotatable bonds is 3. The van der Waals surface area contributed by atoms with E-state index < -0.39 is 5.97 Å². The molecule has 1 aliphatic rings. The highest BCUT2D eigenvalue weighted by Crippen LogP contribution is 2.21. The van der Waals surface area contributed by atoms with Gasteiger partial charge in [0.15, 0.2) is 0 Å². The van der Waals surface area contributed by atoms with Crippen LogP contribution in [0.15, 0.2) is 12.4 Å². The number of urea groups is 1. The molecular weight excluding hydrogens is 276 g/mol. The highest BCUT2D eigenvalue weighted by molar-refractivity contribution is 5.89. The third-order valence-electron chi connectivity index (χ3n) is 3.04. The smallest absolute Gasteiger partial charge is 0.325 e. The molecule has 1 fully saturated rings. The molecule has 0 bridgehead atoms. The van der Waals surface area contributed by atoms with Crippen LogP contribution < -0.4 is 5.32 Å². The van der Waals surface area contributed by atoms with E-state index in [1.807, 2.05) is 20.8 Å². The fourth-order valence-corrected chi connectivity index (χ4v) is 2.46. The maximum Gasteiger partial charge on any atom is 0.325 e. The van der Waals surface area contributed by atoms with Gasteiger partial charge < -0.3 is 20.1 Å². The van der Waals surface area contributed by atoms with Gasteiger partial charge in [0.2, 0.25) is 0 Å². The van der Waals surface area contributed by atoms with E-state index in [0.717, 1.165) is 0 Å². The van der Waals surface area contributed by atoms with Gasteiger partial charge >= 0.3 is 12.0 Å². The van der Waals surface area contributed by atoms with E-state index in [2.05, 4.69) is 10.4 Å². The number of nitrogens with zero attached hydrogens (tertiary/aromatic N) is 3. The molecule has 0 saturated carbocycles. The average Bonchev–Trinajstić information content (AvgIpc) is 2.72. The van der Waals surface area contributed by atoms with Crippen molar-refractivity contribution >= 4 is 17.7 Å². The number of hydrogen-bond donors (Lipinski definition) is 2. The van der Waals surface area contributed by atoms with Crippen molar-refractivity contribution in [2.45, 2.75) is 39.0 Å². The maximum absolute atomic E-state index is 12.2. The molecule has 2 N–H and O–H groups in total. The molecule has 2 heterocycles. The molecule has 1 unspecified atom stereocenters. The fourth-order valence-electron chi connectivity index (χ4n) is 2.46. The van der Waals surface area contributed by atoms with Gasteiger partial charge in [-0.3, -0.25) is 9.48 Å². The SMILES string of the molecule is CC1CN(C(=O)Nc2cnn(CC(=O)O)c2)CC(C)(C)O1. The Bertz CT molecular complexity index is 540. The number of amides is 2. The Morgan fingerprint density at radius 3 is 2.90 bits per heavy atom. The summed E-state index contributed by atoms with van der Waals surface area (Å²) in [6.45, 7) is 6.57. The van der Waals surface area contributed by atoms with E-state index in [-0.39, 0.29) is 24.3 Å². The Hall–Kier alpha value is -2.09. The second-order valence-corrected chi connectivity index (χ2v) is 5.82. The summed E-state index contributed by atoms with van der Waals surface area (Å²) < 4.78 is 7.00. The molecule has 0 aromatic carbocycles. The van der Waals surface area contributed by atoms with E-state index in [1.165, 1.54) is 17.1 Å². The highest BCUT2D eigenvalue weighted by Gasteiger charge is 2.33. The lowest BCUT2D eigenvalue weighted by molar-refractivity contribution is -0.137. The van der Waals surface area contributed by atoms with Crippen LogP contribution in [0, 0.1) is 0 Å². The van der Waals surface area contributed by atoms with Crippen LogP contribution in [0.1, 0.15) is 20.8 Å². The number of hydrogen-bond acceptors (Lipinski definition) is 4. The number of nitrogens with one attached hydrogen (secondary N) is 1. The van der Waals surface area contributed by atoms with Gasteiger partial charge in [-0.15, -0.1) is 0 Å². The zero-order valence-electron chi connectivity index (χ0n) is 12.4. The second-order valence-electron chi connectivity index (χ2n) is 5.82. The van der Waals surface area contributed by atoms with Gasteiger partial charge in [-0.05, 0) is 20.8 Å². The van der Waals surface area contributed by atoms with Crippen molar-refractivity contribution in [3.8, 4) is 0 Å². The lowest BCUT2D eigenvalue weighted by Gasteiger charge is -2.41. The van der Waals surface area contributed by atoms with Crippen LogP contribution in [-0.2, 0) is 16.1 Å². The lowest BCUT2D eigenvalue weighted by Crippen LogP contribution is -2.54. The summed E-state index contributed by atoms with van der Waals surface area (Å²) in [4.78, 5) is 24.5. The number of carbonyl (C=O) groups is 2. The van der Waals surface area contributed by atoms with E-state index >= 15 is 0 Å². The van der Waals surface area contributed by atoms with Crippen LogP contribution in [0.25, 0.3) is 0 Å². The van der Waals surface area contributed by atoms with Crippen molar-refractivity contribution in [2.75, 3.05) is 18.4 Å². The van der Waals surface area contributed by atoms with Gasteiger partial charge in [-0.25, -0.2) is 4.79 Å². The molecule has 1 atom stereocenters. The summed E-state index contributed by atoms with van der Waals surface area (Å²) >= 11 is 0. The van der Waals surface area contributed by atoms with Crippen molar-refractivity contribution in [3.05, 3.63) is 12.4 Å². The molecule has 116 valence electrons. The molecule has 2 amide bonds. The van der Waals surface area contributed by atoms with Crippen LogP contribution in [0.5, 0.6) is 0 Å². The van der Waals surface area contributed by atoms with Gasteiger partial charge in [0.25, 0.3) is 0 Å². The zero-order valence-corrected chi connectivity index (χ0v) is 12.4. The summed E-state index contributed by atoms with van der Waals surface area (Å²) in [5, 5.41) is 15.3. The monoisotopic (exact) mass is 296 g/mol. The largest absolute Gasteiger partial charge is 0.480 e. The summed E-state index contributed by atoms with van der Waals surface area (Å²) in [6.07, 6.45) is 2.88. The third-order valence-corrected chi connectivity index (χ3v) is 3.04. The summed E-state index contributed by atoms with van der Waals surface area (Å²) in [7, 11) is 0. The van der Waals surface area contributed by atoms with Gasteiger partial charge in [0, 0.05) is 12.7 Å². The maximum atomic E-state index is 12.2. The number of carboxylic acids is 1. The van der Waals surface area contributed by atoms with Gasteiger partial charge in [-0.1, -0.05) is 0 Å². The first-order chi connectivity index (χ1) is 9.75. The number of ether oxygens (including phenoxy) is 1. The van der Waals surface area contributed by atoms with Crippen LogP contribution >= 0.6 is 0 Å². The molecule has 0 aliphatic carbocycles. The third kappa shape index (κ3) is 4.19. The molecule has 21 heavy (non-hydrogen) atoms. The molecule has 8 heteroatoms. The molecule has 1 aromatic rings. The Labute approximate surface area is 122 Å². The number of morpholine rings is 1. The normalized spacial score (nSPS) is 21.1. The quantitative estimate of drug-likeness (QED) is 0.867. The Morgan fingerprint density at radius 2 is 2.29 bits per heavy atom. The van der Waals surface area contributed by atoms with Gasteiger partial charge in [0.1, 0.15) is 6.54 Å². The molecule has 1 aliphatic heterocycles. The van der Waals surface area contributed by atoms with Crippen LogP contribution in [0.4, 0.5) is 10.5 Å². The minimum absolute atomic E-state index is 0.0331. The Kier molecular flexibility index (Phi) is 4.17. The number of carboxylic acid groups (broad SMARTS) is 1. The summed E-state index contributed by atoms with van der Waals surface area (Å²) in [6, 6.07) is -0.242. The van der Waals surface area contributed by atoms with Crippen molar-refractivity contribution in [2.24, 2.45) is 0 Å². The molecule has 2 rings (SSSR count). The summed E-state index contributed by atoms with van der Waals surface area (Å²) in [5.74, 6) is -0.986. The number of anilines is 1. The van der Waals surface area contributed by atoms with E-state index in [9.17, 15) is 9.59 Å². The predicted molar refractivity (Wildman–Crippen MR) is 75.1 cm³/mol. The fraction of sp³-hybridized carbons (Fsp3) is 0.615. The number of carbonyl (C=O) groups excluding carboxylic acids is 1. The molecule has 0 spiro atoms. The van der Waals surface area contributed by atoms with Crippen LogP contribution in [-0.4, -0.2) is 56.6 Å². The van der Waals surface area contributed by atoms with Crippen molar-refractivity contribution in [1.29, 1.82) is 0 Å². The van der Waals surface area contributed by atoms with E-state index in [0.29, 0.717) is 18.8 Å². The van der Waals surface area contributed by atoms with E-state index in [4.69, 9.17) is 9.84 Å². The van der Waals surface area contributed by atoms with Crippen LogP contribution in [0.2, 0.25) is 0 Å². The first-order valence-electron chi connectivity index (χ1n) is 6.73. The predicted octanol–water partition coefficient (Wildman–Crippen LogP) is 0.999. The van der Waals surface area contributed by atoms with Gasteiger partial charge in [0.05, 0.1) is 30.1 Å². The Balaban J connectivity index is 1.97. The standard InChI is InChI=1S/C13H20N4O4/c1-9-5-16(8-13(2,3)21-9)12(20)15-10-4-14-17(6-10)7-11(18)19/h4,6,9H,5,7-8H2,1-3H3,(H,15,20)(H,18,19). The molecule has 8 nitrogen and oxygen atoms in total. The van der Waals surface area contributed by atoms with Crippen molar-refractivity contribution in [1.82, 2.24) is 14.7 Å². The minimum Gasteiger partial charge on any atom is -0.480 e. The number of aliphatic carboxylic acids is 1. The average molecular weight is 296 g/mol. The van der Waals surface area contributed by atoms with Crippen LogP contribution in [0.3, 0.4) is 0 Å². The topological polar surface area (TPSA) is 96.7 Å². The highest BCUT2D eigenvalue weighted by atomic mass is 16.5. The van der Waals surface area contributed by atoms with Gasteiger partial charge in [-0.2, -0.15) is 5.10 Å². The second kappa shape index (κ2) is 5.72. The first-order valence-corrected chi connectivity index (χ1v) is 6.73. The number of aromatic nitrogens is 2. The minimum atomic E-state index is -0.986. The first kappa shape index (κ1) is 15.3.